The Morgan fingerprint density at radius 1 is 1.21 bits per heavy atom. The van der Waals surface area contributed by atoms with Gasteiger partial charge in [0.15, 0.2) is 9.84 Å². The van der Waals surface area contributed by atoms with Crippen LogP contribution in [0.1, 0.15) is 65.7 Å². The average molecular weight is 289 g/mol. The van der Waals surface area contributed by atoms with E-state index >= 15 is 0 Å². The molecule has 0 aromatic carbocycles. The van der Waals surface area contributed by atoms with Crippen LogP contribution < -0.4 is 5.32 Å². The van der Waals surface area contributed by atoms with Gasteiger partial charge in [0.05, 0.1) is 11.0 Å². The van der Waals surface area contributed by atoms with E-state index in [0.717, 1.165) is 45.1 Å². The molecule has 3 atom stereocenters. The van der Waals surface area contributed by atoms with Crippen molar-refractivity contribution in [3.05, 3.63) is 0 Å². The molecule has 1 saturated carbocycles. The highest BCUT2D eigenvalue weighted by molar-refractivity contribution is 7.92. The molecule has 0 aliphatic heterocycles. The number of hydrogen-bond acceptors (Lipinski definition) is 3. The fraction of sp³-hybridized carbons (Fsp3) is 1.00. The topological polar surface area (TPSA) is 46.2 Å². The van der Waals surface area contributed by atoms with Gasteiger partial charge < -0.3 is 5.32 Å². The van der Waals surface area contributed by atoms with Crippen molar-refractivity contribution in [2.24, 2.45) is 5.92 Å². The zero-order valence-corrected chi connectivity index (χ0v) is 13.6. The minimum absolute atomic E-state index is 0.0842. The van der Waals surface area contributed by atoms with Crippen LogP contribution in [0.25, 0.3) is 0 Å². The van der Waals surface area contributed by atoms with E-state index in [2.05, 4.69) is 26.1 Å². The zero-order valence-electron chi connectivity index (χ0n) is 12.8. The molecule has 0 aromatic rings. The van der Waals surface area contributed by atoms with Crippen LogP contribution in [0.4, 0.5) is 0 Å². The van der Waals surface area contributed by atoms with E-state index < -0.39 is 9.84 Å². The zero-order chi connectivity index (χ0) is 14.3. The molecular weight excluding hydrogens is 258 g/mol. The molecule has 0 heterocycles. The first kappa shape index (κ1) is 17.0. The van der Waals surface area contributed by atoms with E-state index in [9.17, 15) is 8.42 Å². The highest BCUT2D eigenvalue weighted by Crippen LogP contribution is 2.29. The summed E-state index contributed by atoms with van der Waals surface area (Å²) in [4.78, 5) is 0. The summed E-state index contributed by atoms with van der Waals surface area (Å²) in [5, 5.41) is 3.31. The fourth-order valence-corrected chi connectivity index (χ4v) is 5.33. The van der Waals surface area contributed by atoms with E-state index in [-0.39, 0.29) is 11.3 Å². The minimum Gasteiger partial charge on any atom is -0.313 e. The fourth-order valence-electron chi connectivity index (χ4n) is 3.06. The molecule has 0 radical (unpaired) electrons. The third-order valence-corrected chi connectivity index (χ3v) is 6.46. The maximum atomic E-state index is 12.5. The number of nitrogens with one attached hydrogen (secondary N) is 1. The molecule has 0 spiro atoms. The van der Waals surface area contributed by atoms with Crippen molar-refractivity contribution in [2.75, 3.05) is 12.3 Å². The van der Waals surface area contributed by atoms with Crippen molar-refractivity contribution in [3.8, 4) is 0 Å². The van der Waals surface area contributed by atoms with Crippen LogP contribution in [0.15, 0.2) is 0 Å². The molecule has 0 amide bonds. The van der Waals surface area contributed by atoms with Crippen LogP contribution in [0, 0.1) is 5.92 Å². The van der Waals surface area contributed by atoms with Gasteiger partial charge in [-0.1, -0.05) is 40.0 Å². The second-order valence-corrected chi connectivity index (χ2v) is 8.49. The monoisotopic (exact) mass is 289 g/mol. The Morgan fingerprint density at radius 2 is 1.95 bits per heavy atom. The highest BCUT2D eigenvalue weighted by atomic mass is 32.2. The number of rotatable bonds is 8. The third-order valence-electron chi connectivity index (χ3n) is 4.15. The van der Waals surface area contributed by atoms with E-state index in [4.69, 9.17) is 0 Å². The van der Waals surface area contributed by atoms with Gasteiger partial charge >= 0.3 is 0 Å². The maximum Gasteiger partial charge on any atom is 0.154 e. The summed E-state index contributed by atoms with van der Waals surface area (Å²) in [6, 6.07) is 0.146. The summed E-state index contributed by atoms with van der Waals surface area (Å²) in [6.07, 6.45) is 7.07. The van der Waals surface area contributed by atoms with Crippen LogP contribution in [-0.4, -0.2) is 32.0 Å². The second kappa shape index (κ2) is 8.25. The Bertz CT molecular complexity index is 340. The Morgan fingerprint density at radius 3 is 2.53 bits per heavy atom. The largest absolute Gasteiger partial charge is 0.313 e. The lowest BCUT2D eigenvalue weighted by Crippen LogP contribution is -2.40. The first-order chi connectivity index (χ1) is 8.99. The molecular formula is C15H31NO2S. The Labute approximate surface area is 119 Å². The Balaban J connectivity index is 2.59. The van der Waals surface area contributed by atoms with Crippen LogP contribution in [0.2, 0.25) is 0 Å². The lowest BCUT2D eigenvalue weighted by atomic mass is 9.91. The molecule has 3 unspecified atom stereocenters. The molecule has 0 bridgehead atoms. The van der Waals surface area contributed by atoms with Crippen LogP contribution in [0.5, 0.6) is 0 Å². The average Bonchev–Trinajstić information content (AvgIpc) is 2.36. The van der Waals surface area contributed by atoms with Crippen LogP contribution in [0.3, 0.4) is 0 Å². The van der Waals surface area contributed by atoms with Crippen molar-refractivity contribution >= 4 is 9.84 Å². The molecule has 114 valence electrons. The molecule has 1 N–H and O–H groups in total. The molecule has 0 saturated heterocycles. The van der Waals surface area contributed by atoms with Gasteiger partial charge in [0, 0.05) is 6.04 Å². The summed E-state index contributed by atoms with van der Waals surface area (Å²) in [6.45, 7) is 7.34. The van der Waals surface area contributed by atoms with Gasteiger partial charge in [0.25, 0.3) is 0 Å². The van der Waals surface area contributed by atoms with E-state index in [0.29, 0.717) is 11.7 Å². The molecule has 1 fully saturated rings. The van der Waals surface area contributed by atoms with Crippen LogP contribution >= 0.6 is 0 Å². The molecule has 4 heteroatoms. The normalized spacial score (nSPS) is 26.3. The van der Waals surface area contributed by atoms with Gasteiger partial charge in [-0.15, -0.1) is 0 Å². The van der Waals surface area contributed by atoms with Gasteiger partial charge in [-0.25, -0.2) is 8.42 Å². The molecule has 3 nitrogen and oxygen atoms in total. The SMILES string of the molecule is CCCNC(CCC)CS(=O)(=O)C1CCCC(C)C1. The highest BCUT2D eigenvalue weighted by Gasteiger charge is 2.31. The predicted octanol–water partition coefficient (Wildman–Crippen LogP) is 3.15. The summed E-state index contributed by atoms with van der Waals surface area (Å²) < 4.78 is 25.1. The van der Waals surface area contributed by atoms with E-state index in [1.165, 1.54) is 6.42 Å². The van der Waals surface area contributed by atoms with E-state index in [1.807, 2.05) is 0 Å². The Kier molecular flexibility index (Phi) is 7.37. The minimum atomic E-state index is -2.93. The van der Waals surface area contributed by atoms with Crippen molar-refractivity contribution < 1.29 is 8.42 Å². The quantitative estimate of drug-likeness (QED) is 0.746. The van der Waals surface area contributed by atoms with Gasteiger partial charge in [-0.3, -0.25) is 0 Å². The smallest absolute Gasteiger partial charge is 0.154 e. The van der Waals surface area contributed by atoms with Crippen molar-refractivity contribution in [1.29, 1.82) is 0 Å². The lowest BCUT2D eigenvalue weighted by molar-refractivity contribution is 0.380. The first-order valence-electron chi connectivity index (χ1n) is 7.94. The molecule has 0 aromatic heterocycles. The summed E-state index contributed by atoms with van der Waals surface area (Å²) >= 11 is 0. The van der Waals surface area contributed by atoms with Gasteiger partial charge in [-0.2, -0.15) is 0 Å². The van der Waals surface area contributed by atoms with Gasteiger partial charge in [0.2, 0.25) is 0 Å². The number of hydrogen-bond donors (Lipinski definition) is 1. The standard InChI is InChI=1S/C15H31NO2S/c1-4-7-14(16-10-5-2)12-19(17,18)15-9-6-8-13(3)11-15/h13-16H,4-12H2,1-3H3. The molecule has 1 rings (SSSR count). The first-order valence-corrected chi connectivity index (χ1v) is 9.66. The van der Waals surface area contributed by atoms with Crippen molar-refractivity contribution in [3.63, 3.8) is 0 Å². The molecule has 1 aliphatic rings. The van der Waals surface area contributed by atoms with Gasteiger partial charge in [0.1, 0.15) is 0 Å². The van der Waals surface area contributed by atoms with E-state index in [1.54, 1.807) is 0 Å². The maximum absolute atomic E-state index is 12.5. The predicted molar refractivity (Wildman–Crippen MR) is 82.2 cm³/mol. The summed E-state index contributed by atoms with van der Waals surface area (Å²) in [5.74, 6) is 0.903. The molecule has 19 heavy (non-hydrogen) atoms. The lowest BCUT2D eigenvalue weighted by Gasteiger charge is -2.28. The summed E-state index contributed by atoms with van der Waals surface area (Å²) in [5.41, 5.74) is 0. The number of sulfone groups is 1. The van der Waals surface area contributed by atoms with Crippen LogP contribution in [-0.2, 0) is 9.84 Å². The molecule has 1 aliphatic carbocycles. The summed E-state index contributed by atoms with van der Waals surface area (Å²) in [7, 11) is -2.93. The third kappa shape index (κ3) is 5.82. The second-order valence-electron chi connectivity index (χ2n) is 6.16. The Hall–Kier alpha value is -0.0900. The van der Waals surface area contributed by atoms with Crippen molar-refractivity contribution in [1.82, 2.24) is 5.32 Å². The van der Waals surface area contributed by atoms with Crippen molar-refractivity contribution in [2.45, 2.75) is 77.0 Å². The van der Waals surface area contributed by atoms with Gasteiger partial charge in [-0.05, 0) is 38.1 Å².